The molecular formula is C33H49NO5. The van der Waals surface area contributed by atoms with E-state index < -0.39 is 29.7 Å². The van der Waals surface area contributed by atoms with Gasteiger partial charge < -0.3 is 14.6 Å². The second-order valence-electron chi connectivity index (χ2n) is 14.2. The zero-order valence-corrected chi connectivity index (χ0v) is 24.9. The summed E-state index contributed by atoms with van der Waals surface area (Å²) in [4.78, 5) is 28.0. The van der Waals surface area contributed by atoms with E-state index in [4.69, 9.17) is 15.2 Å². The third-order valence-electron chi connectivity index (χ3n) is 11.8. The summed E-state index contributed by atoms with van der Waals surface area (Å²) in [5.41, 5.74) is 7.81. The van der Waals surface area contributed by atoms with Crippen molar-refractivity contribution in [3.63, 3.8) is 0 Å². The number of unbranched alkanes of at least 4 members (excludes halogenated alkanes) is 2. The number of ketones is 1. The number of hydrogen-bond acceptors (Lipinski definition) is 6. The maximum absolute atomic E-state index is 14.1. The van der Waals surface area contributed by atoms with E-state index in [0.717, 1.165) is 56.9 Å². The normalized spacial score (nSPS) is 40.9. The number of aliphatic hydroxyl groups excluding tert-OH is 1. The van der Waals surface area contributed by atoms with Crippen LogP contribution >= 0.6 is 0 Å². The molecule has 6 nitrogen and oxygen atoms in total. The fourth-order valence-corrected chi connectivity index (χ4v) is 8.69. The number of carbonyl (C=O) groups is 2. The lowest BCUT2D eigenvalue weighted by Gasteiger charge is -2.45. The van der Waals surface area contributed by atoms with E-state index >= 15 is 0 Å². The molecule has 2 bridgehead atoms. The minimum atomic E-state index is -1.10. The van der Waals surface area contributed by atoms with Crippen LogP contribution in [0.2, 0.25) is 0 Å². The molecule has 6 unspecified atom stereocenters. The molecule has 216 valence electrons. The van der Waals surface area contributed by atoms with E-state index in [9.17, 15) is 14.7 Å². The molecule has 4 fully saturated rings. The Morgan fingerprint density at radius 3 is 2.49 bits per heavy atom. The Morgan fingerprint density at radius 1 is 1.18 bits per heavy atom. The summed E-state index contributed by atoms with van der Waals surface area (Å²) in [6, 6.07) is 0. The van der Waals surface area contributed by atoms with E-state index in [-0.39, 0.29) is 34.0 Å². The van der Waals surface area contributed by atoms with Crippen molar-refractivity contribution in [1.82, 2.24) is 0 Å². The fraction of sp³-hybridized carbons (Fsp3) is 0.758. The number of hydrogen-bond donors (Lipinski definition) is 2. The largest absolute Gasteiger partial charge is 0.504 e. The molecule has 1 aliphatic heterocycles. The summed E-state index contributed by atoms with van der Waals surface area (Å²) >= 11 is 0. The SMILES string of the molecule is C=C(C)[C@@H]1CCC(C)C[C@H]1C1=C(O)C(=O)C(CCCCC)=C(C(=O)OC2(N)CC3CCC2(C)C3(C)C)C2OC12. The third-order valence-corrected chi connectivity index (χ3v) is 11.8. The highest BCUT2D eigenvalue weighted by Gasteiger charge is 2.70. The standard InChI is InChI=1S/C33H49NO5/c1-8-9-10-11-22-25(30(37)39-33(34)17-20-14-15-32(33,7)31(20,5)6)29-28(38-29)24(27(36)26(22)35)23-16-19(4)12-13-21(23)18(2)3/h19-21,23,28-29,36H,2,8-17,34H2,1,3-7H3/t19?,20?,21-,23+,28?,29?,32?,33?/m0/s1. The Labute approximate surface area is 234 Å². The fourth-order valence-electron chi connectivity index (χ4n) is 8.69. The summed E-state index contributed by atoms with van der Waals surface area (Å²) in [6.45, 7) is 17.2. The van der Waals surface area contributed by atoms with E-state index in [2.05, 4.69) is 41.2 Å². The smallest absolute Gasteiger partial charge is 0.338 e. The highest BCUT2D eigenvalue weighted by Crippen LogP contribution is 2.69. The second kappa shape index (κ2) is 9.87. The number of carbonyl (C=O) groups excluding carboxylic acids is 2. The van der Waals surface area contributed by atoms with Gasteiger partial charge in [0.25, 0.3) is 0 Å². The van der Waals surface area contributed by atoms with E-state index in [1.807, 2.05) is 6.92 Å². The predicted molar refractivity (Wildman–Crippen MR) is 152 cm³/mol. The van der Waals surface area contributed by atoms with Crippen LogP contribution in [0.15, 0.2) is 34.6 Å². The average Bonchev–Trinajstić information content (AvgIpc) is 3.57. The van der Waals surface area contributed by atoms with E-state index in [1.165, 1.54) is 0 Å². The number of ether oxygens (including phenoxy) is 2. The van der Waals surface area contributed by atoms with Crippen LogP contribution < -0.4 is 5.73 Å². The molecule has 0 amide bonds. The van der Waals surface area contributed by atoms with Gasteiger partial charge in [0.1, 0.15) is 12.2 Å². The van der Waals surface area contributed by atoms with Gasteiger partial charge in [-0.1, -0.05) is 66.0 Å². The molecule has 0 spiro atoms. The van der Waals surface area contributed by atoms with Crippen molar-refractivity contribution >= 4 is 11.8 Å². The Balaban J connectivity index is 1.50. The van der Waals surface area contributed by atoms with Crippen molar-refractivity contribution in [2.45, 2.75) is 124 Å². The third kappa shape index (κ3) is 4.36. The van der Waals surface area contributed by atoms with Crippen molar-refractivity contribution < 1.29 is 24.2 Å². The van der Waals surface area contributed by atoms with Gasteiger partial charge in [0.15, 0.2) is 11.5 Å². The quantitative estimate of drug-likeness (QED) is 0.117. The first kappa shape index (κ1) is 28.6. The Bertz CT molecular complexity index is 1130. The number of esters is 1. The molecule has 5 aliphatic rings. The highest BCUT2D eigenvalue weighted by atomic mass is 16.6. The van der Waals surface area contributed by atoms with Gasteiger partial charge in [0.2, 0.25) is 5.78 Å². The Morgan fingerprint density at radius 2 is 1.90 bits per heavy atom. The van der Waals surface area contributed by atoms with Crippen molar-refractivity contribution in [1.29, 1.82) is 0 Å². The van der Waals surface area contributed by atoms with Crippen LogP contribution in [0.25, 0.3) is 0 Å². The second-order valence-corrected chi connectivity index (χ2v) is 14.2. The minimum absolute atomic E-state index is 0.0245. The first-order valence-corrected chi connectivity index (χ1v) is 15.3. The number of nitrogens with two attached hydrogens (primary N) is 1. The lowest BCUT2D eigenvalue weighted by atomic mass is 9.67. The first-order chi connectivity index (χ1) is 18.3. The zero-order chi connectivity index (χ0) is 28.5. The van der Waals surface area contributed by atoms with Crippen LogP contribution in [0, 0.1) is 34.5 Å². The number of fused-ring (bicyclic) bond motifs is 3. The molecule has 6 heteroatoms. The summed E-state index contributed by atoms with van der Waals surface area (Å²) in [7, 11) is 0. The predicted octanol–water partition coefficient (Wildman–Crippen LogP) is 6.70. The van der Waals surface area contributed by atoms with Crippen LogP contribution in [0.4, 0.5) is 0 Å². The lowest BCUT2D eigenvalue weighted by molar-refractivity contribution is -0.173. The van der Waals surface area contributed by atoms with Gasteiger partial charge in [-0.3, -0.25) is 10.5 Å². The first-order valence-electron chi connectivity index (χ1n) is 15.3. The number of allylic oxidation sites excluding steroid dienone is 2. The molecule has 0 aromatic heterocycles. The summed E-state index contributed by atoms with van der Waals surface area (Å²) < 4.78 is 12.5. The van der Waals surface area contributed by atoms with Crippen LogP contribution in [0.5, 0.6) is 0 Å². The van der Waals surface area contributed by atoms with Crippen molar-refractivity contribution in [2.24, 2.45) is 40.2 Å². The van der Waals surface area contributed by atoms with Crippen molar-refractivity contribution in [2.75, 3.05) is 0 Å². The van der Waals surface area contributed by atoms with Crippen LogP contribution in [0.1, 0.15) is 106 Å². The number of Topliss-reactive ketones (excluding diaryl/α,β-unsaturated/α-hetero) is 1. The molecule has 3 saturated carbocycles. The number of epoxide rings is 1. The van der Waals surface area contributed by atoms with Crippen LogP contribution in [0.3, 0.4) is 0 Å². The maximum atomic E-state index is 14.1. The summed E-state index contributed by atoms with van der Waals surface area (Å²) in [5.74, 6) is -0.187. The highest BCUT2D eigenvalue weighted by molar-refractivity contribution is 6.13. The zero-order valence-electron chi connectivity index (χ0n) is 24.9. The molecule has 1 heterocycles. The van der Waals surface area contributed by atoms with Crippen LogP contribution in [-0.2, 0) is 19.1 Å². The summed E-state index contributed by atoms with van der Waals surface area (Å²) in [5, 5.41) is 11.5. The molecule has 0 aromatic carbocycles. The summed E-state index contributed by atoms with van der Waals surface area (Å²) in [6.07, 6.45) is 7.56. The lowest BCUT2D eigenvalue weighted by Crippen LogP contribution is -2.57. The molecule has 0 radical (unpaired) electrons. The van der Waals surface area contributed by atoms with Crippen molar-refractivity contribution in [3.8, 4) is 0 Å². The van der Waals surface area contributed by atoms with Gasteiger partial charge >= 0.3 is 5.97 Å². The number of rotatable bonds is 8. The van der Waals surface area contributed by atoms with Gasteiger partial charge in [-0.05, 0) is 74.5 Å². The Hall–Kier alpha value is -1.92. The molecule has 3 N–H and O–H groups in total. The van der Waals surface area contributed by atoms with E-state index in [1.54, 1.807) is 0 Å². The monoisotopic (exact) mass is 539 g/mol. The van der Waals surface area contributed by atoms with Gasteiger partial charge in [0.05, 0.1) is 5.57 Å². The van der Waals surface area contributed by atoms with Crippen molar-refractivity contribution in [3.05, 3.63) is 34.6 Å². The Kier molecular flexibility index (Phi) is 7.24. The molecule has 4 aliphatic carbocycles. The minimum Gasteiger partial charge on any atom is -0.504 e. The maximum Gasteiger partial charge on any atom is 0.338 e. The van der Waals surface area contributed by atoms with E-state index in [0.29, 0.717) is 35.8 Å². The molecule has 1 saturated heterocycles. The topological polar surface area (TPSA) is 102 Å². The van der Waals surface area contributed by atoms with Crippen LogP contribution in [-0.4, -0.2) is 34.8 Å². The van der Waals surface area contributed by atoms with Gasteiger partial charge in [-0.25, -0.2) is 4.79 Å². The molecule has 0 aromatic rings. The molecule has 5 rings (SSSR count). The average molecular weight is 540 g/mol. The number of aliphatic hydroxyl groups is 1. The van der Waals surface area contributed by atoms with Gasteiger partial charge in [0, 0.05) is 23.0 Å². The van der Waals surface area contributed by atoms with Gasteiger partial charge in [-0.2, -0.15) is 0 Å². The van der Waals surface area contributed by atoms with Gasteiger partial charge in [-0.15, -0.1) is 0 Å². The molecule has 39 heavy (non-hydrogen) atoms. The molecular weight excluding hydrogens is 490 g/mol. The molecule has 8 atom stereocenters.